The number of halogens is 1. The number of carbonyl (C=O) groups excluding carboxylic acids is 1. The number of unbranched alkanes of at least 4 members (excludes halogenated alkanes) is 3. The van der Waals surface area contributed by atoms with Crippen molar-refractivity contribution in [1.82, 2.24) is 0 Å². The number of hydrogen-bond acceptors (Lipinski definition) is 7. The van der Waals surface area contributed by atoms with Crippen LogP contribution in [0.4, 0.5) is 4.39 Å². The molecule has 0 aliphatic carbocycles. The molecule has 0 amide bonds. The number of methoxy groups -OCH3 is 1. The Bertz CT molecular complexity index is 1380. The molecule has 4 rings (SSSR count). The predicted octanol–water partition coefficient (Wildman–Crippen LogP) is 6.23. The van der Waals surface area contributed by atoms with Crippen LogP contribution in [0.1, 0.15) is 60.0 Å². The van der Waals surface area contributed by atoms with Crippen LogP contribution in [0.25, 0.3) is 0 Å². The first-order chi connectivity index (χ1) is 18.4. The fourth-order valence-corrected chi connectivity index (χ4v) is 4.29. The first kappa shape index (κ1) is 26.6. The molecule has 0 aromatic heterocycles. The standard InChI is InChI=1S/C30H29FN2O5/c1-3-4-5-6-15-36-25-14-9-20(16-27(25)35-2)28-23-13-12-22(17-26(23)38-29(33)24(28)18-32)37-30(34)19-7-10-21(31)11-8-19/h7-14,16-17,28H,3-6,15,33H2,1-2H3. The molecule has 7 nitrogen and oxygen atoms in total. The quantitative estimate of drug-likeness (QED) is 0.193. The number of carbonyl (C=O) groups is 1. The molecule has 1 aliphatic rings. The number of hydrogen-bond donors (Lipinski definition) is 1. The van der Waals surface area contributed by atoms with Gasteiger partial charge in [0.05, 0.1) is 25.2 Å². The third-order valence-corrected chi connectivity index (χ3v) is 6.26. The average Bonchev–Trinajstić information content (AvgIpc) is 2.92. The number of ether oxygens (including phenoxy) is 4. The molecule has 3 aromatic rings. The molecule has 2 N–H and O–H groups in total. The topological polar surface area (TPSA) is 104 Å². The minimum atomic E-state index is -0.645. The van der Waals surface area contributed by atoms with Gasteiger partial charge in [0, 0.05) is 11.6 Å². The van der Waals surface area contributed by atoms with Crippen molar-refractivity contribution in [3.8, 4) is 29.1 Å². The van der Waals surface area contributed by atoms with Crippen LogP contribution in [0.2, 0.25) is 0 Å². The summed E-state index contributed by atoms with van der Waals surface area (Å²) in [6.45, 7) is 2.75. The second-order valence-corrected chi connectivity index (χ2v) is 8.84. The van der Waals surface area contributed by atoms with E-state index in [9.17, 15) is 14.4 Å². The van der Waals surface area contributed by atoms with E-state index >= 15 is 0 Å². The summed E-state index contributed by atoms with van der Waals surface area (Å²) in [5.41, 5.74) is 8.02. The number of nitriles is 1. The van der Waals surface area contributed by atoms with Gasteiger partial charge in [-0.2, -0.15) is 5.26 Å². The number of esters is 1. The first-order valence-electron chi connectivity index (χ1n) is 12.4. The van der Waals surface area contributed by atoms with Crippen molar-refractivity contribution in [3.05, 3.63) is 94.6 Å². The monoisotopic (exact) mass is 516 g/mol. The van der Waals surface area contributed by atoms with Gasteiger partial charge in [0.2, 0.25) is 5.88 Å². The van der Waals surface area contributed by atoms with E-state index in [1.54, 1.807) is 19.2 Å². The second-order valence-electron chi connectivity index (χ2n) is 8.84. The van der Waals surface area contributed by atoms with Gasteiger partial charge in [0.15, 0.2) is 11.5 Å². The molecule has 0 fully saturated rings. The zero-order valence-electron chi connectivity index (χ0n) is 21.3. The first-order valence-corrected chi connectivity index (χ1v) is 12.4. The zero-order chi connectivity index (χ0) is 27.1. The van der Waals surface area contributed by atoms with Gasteiger partial charge < -0.3 is 24.7 Å². The minimum absolute atomic E-state index is 0.0396. The summed E-state index contributed by atoms with van der Waals surface area (Å²) < 4.78 is 35.9. The molecule has 0 spiro atoms. The van der Waals surface area contributed by atoms with Crippen LogP contribution < -0.4 is 24.7 Å². The molecule has 0 saturated heterocycles. The van der Waals surface area contributed by atoms with Crippen LogP contribution in [0, 0.1) is 17.1 Å². The zero-order valence-corrected chi connectivity index (χ0v) is 21.3. The number of benzene rings is 3. The molecule has 196 valence electrons. The van der Waals surface area contributed by atoms with E-state index in [1.807, 2.05) is 18.2 Å². The van der Waals surface area contributed by atoms with E-state index in [4.69, 9.17) is 24.7 Å². The van der Waals surface area contributed by atoms with Crippen molar-refractivity contribution in [2.24, 2.45) is 5.73 Å². The molecule has 1 aliphatic heterocycles. The van der Waals surface area contributed by atoms with Crippen LogP contribution in [0.15, 0.2) is 72.1 Å². The van der Waals surface area contributed by atoms with E-state index in [-0.39, 0.29) is 22.8 Å². The lowest BCUT2D eigenvalue weighted by Gasteiger charge is -2.27. The molecule has 1 unspecified atom stereocenters. The van der Waals surface area contributed by atoms with Crippen LogP contribution in [0.5, 0.6) is 23.0 Å². The van der Waals surface area contributed by atoms with Gasteiger partial charge in [-0.1, -0.05) is 38.3 Å². The van der Waals surface area contributed by atoms with E-state index in [2.05, 4.69) is 13.0 Å². The highest BCUT2D eigenvalue weighted by Crippen LogP contribution is 2.45. The molecule has 0 bridgehead atoms. The molecular formula is C30H29FN2O5. The molecular weight excluding hydrogens is 487 g/mol. The number of fused-ring (bicyclic) bond motifs is 1. The molecule has 0 radical (unpaired) electrons. The maximum absolute atomic E-state index is 13.2. The Morgan fingerprint density at radius 2 is 1.84 bits per heavy atom. The summed E-state index contributed by atoms with van der Waals surface area (Å²) >= 11 is 0. The lowest BCUT2D eigenvalue weighted by atomic mass is 9.83. The number of nitrogens with two attached hydrogens (primary N) is 1. The largest absolute Gasteiger partial charge is 0.493 e. The van der Waals surface area contributed by atoms with Crippen LogP contribution in [0.3, 0.4) is 0 Å². The Kier molecular flexibility index (Phi) is 8.49. The summed E-state index contributed by atoms with van der Waals surface area (Å²) in [5, 5.41) is 9.89. The SMILES string of the molecule is CCCCCCOc1ccc(C2C(C#N)=C(N)Oc3cc(OC(=O)c4ccc(F)cc4)ccc32)cc1OC. The normalized spacial score (nSPS) is 14.2. The Morgan fingerprint density at radius 3 is 2.55 bits per heavy atom. The summed E-state index contributed by atoms with van der Waals surface area (Å²) in [7, 11) is 1.57. The van der Waals surface area contributed by atoms with E-state index < -0.39 is 17.7 Å². The summed E-state index contributed by atoms with van der Waals surface area (Å²) in [6.07, 6.45) is 4.38. The minimum Gasteiger partial charge on any atom is -0.493 e. The van der Waals surface area contributed by atoms with E-state index in [1.165, 1.54) is 36.8 Å². The highest BCUT2D eigenvalue weighted by atomic mass is 19.1. The molecule has 0 saturated carbocycles. The van der Waals surface area contributed by atoms with Crippen molar-refractivity contribution >= 4 is 5.97 Å². The maximum atomic E-state index is 13.2. The van der Waals surface area contributed by atoms with Gasteiger partial charge in [-0.05, 0) is 54.4 Å². The lowest BCUT2D eigenvalue weighted by molar-refractivity contribution is 0.0734. The molecule has 3 aromatic carbocycles. The Labute approximate surface area is 221 Å². The van der Waals surface area contributed by atoms with Crippen LogP contribution in [-0.4, -0.2) is 19.7 Å². The lowest BCUT2D eigenvalue weighted by Crippen LogP contribution is -2.21. The van der Waals surface area contributed by atoms with Crippen molar-refractivity contribution < 1.29 is 28.1 Å². The van der Waals surface area contributed by atoms with Gasteiger partial charge in [0.25, 0.3) is 0 Å². The predicted molar refractivity (Wildman–Crippen MR) is 140 cm³/mol. The summed E-state index contributed by atoms with van der Waals surface area (Å²) in [5.74, 6) is 0.0771. The van der Waals surface area contributed by atoms with Crippen LogP contribution in [-0.2, 0) is 0 Å². The van der Waals surface area contributed by atoms with Crippen molar-refractivity contribution in [1.29, 1.82) is 5.26 Å². The third-order valence-electron chi connectivity index (χ3n) is 6.26. The van der Waals surface area contributed by atoms with E-state index in [0.29, 0.717) is 29.4 Å². The molecule has 1 heterocycles. The maximum Gasteiger partial charge on any atom is 0.343 e. The number of nitrogens with zero attached hydrogens (tertiary/aromatic N) is 1. The van der Waals surface area contributed by atoms with Gasteiger partial charge in [-0.15, -0.1) is 0 Å². The van der Waals surface area contributed by atoms with Crippen molar-refractivity contribution in [2.75, 3.05) is 13.7 Å². The van der Waals surface area contributed by atoms with E-state index in [0.717, 1.165) is 24.8 Å². The van der Waals surface area contributed by atoms with Gasteiger partial charge >= 0.3 is 5.97 Å². The Hall–Kier alpha value is -4.51. The fourth-order valence-electron chi connectivity index (χ4n) is 4.29. The highest BCUT2D eigenvalue weighted by Gasteiger charge is 2.32. The van der Waals surface area contributed by atoms with Gasteiger partial charge in [-0.25, -0.2) is 9.18 Å². The van der Waals surface area contributed by atoms with Crippen molar-refractivity contribution in [2.45, 2.75) is 38.5 Å². The van der Waals surface area contributed by atoms with Crippen LogP contribution >= 0.6 is 0 Å². The Balaban J connectivity index is 1.60. The van der Waals surface area contributed by atoms with Crippen molar-refractivity contribution in [3.63, 3.8) is 0 Å². The van der Waals surface area contributed by atoms with Gasteiger partial charge in [-0.3, -0.25) is 0 Å². The summed E-state index contributed by atoms with van der Waals surface area (Å²) in [4.78, 5) is 12.5. The third kappa shape index (κ3) is 5.89. The highest BCUT2D eigenvalue weighted by molar-refractivity contribution is 5.91. The molecule has 1 atom stereocenters. The van der Waals surface area contributed by atoms with Gasteiger partial charge in [0.1, 0.15) is 29.0 Å². The second kappa shape index (κ2) is 12.2. The fraction of sp³-hybridized carbons (Fsp3) is 0.267. The Morgan fingerprint density at radius 1 is 1.05 bits per heavy atom. The molecule has 38 heavy (non-hydrogen) atoms. The number of rotatable bonds is 10. The summed E-state index contributed by atoms with van der Waals surface area (Å²) in [6, 6.07) is 17.6. The molecule has 8 heteroatoms. The average molecular weight is 517 g/mol. The smallest absolute Gasteiger partial charge is 0.343 e. The number of allylic oxidation sites excluding steroid dienone is 1.